The van der Waals surface area contributed by atoms with Gasteiger partial charge in [-0.15, -0.1) is 0 Å². The van der Waals surface area contributed by atoms with Crippen LogP contribution in [-0.4, -0.2) is 27.4 Å². The summed E-state index contributed by atoms with van der Waals surface area (Å²) in [4.78, 5) is 11.7. The van der Waals surface area contributed by atoms with Crippen LogP contribution in [0.5, 0.6) is 0 Å². The van der Waals surface area contributed by atoms with Gasteiger partial charge in [-0.3, -0.25) is 4.79 Å². The second-order valence-electron chi connectivity index (χ2n) is 4.93. The first kappa shape index (κ1) is 18.3. The summed E-state index contributed by atoms with van der Waals surface area (Å²) >= 11 is 5.78. The van der Waals surface area contributed by atoms with Crippen LogP contribution in [0.4, 0.5) is 0 Å². The Kier molecular flexibility index (Phi) is 6.19. The molecule has 2 aromatic rings. The number of rotatable bonds is 7. The highest BCUT2D eigenvalue weighted by Gasteiger charge is 2.13. The number of hydrogen-bond donors (Lipinski definition) is 2. The van der Waals surface area contributed by atoms with Crippen molar-refractivity contribution in [3.63, 3.8) is 0 Å². The van der Waals surface area contributed by atoms with Gasteiger partial charge in [0.25, 0.3) is 0 Å². The van der Waals surface area contributed by atoms with Crippen molar-refractivity contribution in [2.75, 3.05) is 13.1 Å². The summed E-state index contributed by atoms with van der Waals surface area (Å²) in [6.45, 7) is 2.03. The highest BCUT2D eigenvalue weighted by molar-refractivity contribution is 7.89. The maximum absolute atomic E-state index is 12.0. The molecule has 0 radical (unpaired) electrons. The minimum Gasteiger partial charge on any atom is -0.462 e. The fourth-order valence-electron chi connectivity index (χ4n) is 1.85. The Morgan fingerprint density at radius 3 is 2.71 bits per heavy atom. The van der Waals surface area contributed by atoms with Crippen molar-refractivity contribution < 1.29 is 17.6 Å². The molecule has 1 heterocycles. The lowest BCUT2D eigenvalue weighted by atomic mass is 10.4. The average Bonchev–Trinajstić information content (AvgIpc) is 2.95. The summed E-state index contributed by atoms with van der Waals surface area (Å²) in [7, 11) is -3.65. The van der Waals surface area contributed by atoms with Gasteiger partial charge in [0.05, 0.1) is 4.90 Å². The van der Waals surface area contributed by atoms with Crippen molar-refractivity contribution in [1.29, 1.82) is 0 Å². The summed E-state index contributed by atoms with van der Waals surface area (Å²) in [5.41, 5.74) is 0. The van der Waals surface area contributed by atoms with Gasteiger partial charge in [0.15, 0.2) is 0 Å². The summed E-state index contributed by atoms with van der Waals surface area (Å²) in [5, 5.41) is 2.91. The molecule has 24 heavy (non-hydrogen) atoms. The molecule has 6 nitrogen and oxygen atoms in total. The van der Waals surface area contributed by atoms with Gasteiger partial charge in [0.1, 0.15) is 11.5 Å². The van der Waals surface area contributed by atoms with Gasteiger partial charge in [-0.05, 0) is 43.3 Å². The highest BCUT2D eigenvalue weighted by Crippen LogP contribution is 2.14. The van der Waals surface area contributed by atoms with Crippen LogP contribution in [0.15, 0.2) is 51.8 Å². The first-order chi connectivity index (χ1) is 11.4. The van der Waals surface area contributed by atoms with Gasteiger partial charge >= 0.3 is 0 Å². The Bertz CT molecular complexity index is 843. The number of carbonyl (C=O) groups excluding carboxylic acids is 1. The van der Waals surface area contributed by atoms with Crippen LogP contribution in [0.2, 0.25) is 5.02 Å². The summed E-state index contributed by atoms with van der Waals surface area (Å²) < 4.78 is 31.8. The van der Waals surface area contributed by atoms with E-state index in [2.05, 4.69) is 10.0 Å². The van der Waals surface area contributed by atoms with Gasteiger partial charge < -0.3 is 9.73 Å². The van der Waals surface area contributed by atoms with E-state index in [1.807, 2.05) is 6.92 Å². The molecule has 0 bridgehead atoms. The normalized spacial score (nSPS) is 11.8. The molecule has 8 heteroatoms. The number of hydrogen-bond acceptors (Lipinski definition) is 4. The van der Waals surface area contributed by atoms with Crippen LogP contribution in [0, 0.1) is 6.92 Å². The number of benzene rings is 1. The zero-order chi connectivity index (χ0) is 17.6. The highest BCUT2D eigenvalue weighted by atomic mass is 35.5. The molecule has 0 aliphatic carbocycles. The molecule has 128 valence electrons. The SMILES string of the molecule is Cc1ccc(/C=C/C(=O)NCCNS(=O)(=O)c2cccc(Cl)c2)o1. The van der Waals surface area contributed by atoms with Gasteiger partial charge in [-0.25, -0.2) is 13.1 Å². The smallest absolute Gasteiger partial charge is 0.244 e. The van der Waals surface area contributed by atoms with Gasteiger partial charge in [0.2, 0.25) is 15.9 Å². The summed E-state index contributed by atoms with van der Waals surface area (Å²) in [5.74, 6) is 0.987. The maximum atomic E-state index is 12.0. The van der Waals surface area contributed by atoms with E-state index in [4.69, 9.17) is 16.0 Å². The van der Waals surface area contributed by atoms with Gasteiger partial charge in [-0.2, -0.15) is 0 Å². The van der Waals surface area contributed by atoms with Crippen LogP contribution in [0.25, 0.3) is 6.08 Å². The van der Waals surface area contributed by atoms with Crippen molar-refractivity contribution >= 4 is 33.6 Å². The van der Waals surface area contributed by atoms with E-state index >= 15 is 0 Å². The van der Waals surface area contributed by atoms with Crippen molar-refractivity contribution in [1.82, 2.24) is 10.0 Å². The fraction of sp³-hybridized carbons (Fsp3) is 0.188. The number of aryl methyl sites for hydroxylation is 1. The first-order valence-electron chi connectivity index (χ1n) is 7.14. The third kappa shape index (κ3) is 5.52. The van der Waals surface area contributed by atoms with Gasteiger partial charge in [-0.1, -0.05) is 17.7 Å². The molecule has 1 aromatic heterocycles. The van der Waals surface area contributed by atoms with Crippen LogP contribution < -0.4 is 10.0 Å². The summed E-state index contributed by atoms with van der Waals surface area (Å²) in [6.07, 6.45) is 2.86. The van der Waals surface area contributed by atoms with Gasteiger partial charge in [0, 0.05) is 24.2 Å². The lowest BCUT2D eigenvalue weighted by Gasteiger charge is -2.07. The number of amides is 1. The molecule has 1 amide bonds. The Morgan fingerprint density at radius 2 is 2.04 bits per heavy atom. The molecular formula is C16H17ClN2O4S. The van der Waals surface area contributed by atoms with Crippen molar-refractivity contribution in [3.8, 4) is 0 Å². The minimum absolute atomic E-state index is 0.0638. The van der Waals surface area contributed by atoms with E-state index in [1.54, 1.807) is 30.3 Å². The molecule has 2 rings (SSSR count). The third-order valence-electron chi connectivity index (χ3n) is 2.98. The number of halogens is 1. The van der Waals surface area contributed by atoms with E-state index in [0.29, 0.717) is 10.8 Å². The zero-order valence-corrected chi connectivity index (χ0v) is 14.5. The maximum Gasteiger partial charge on any atom is 0.244 e. The topological polar surface area (TPSA) is 88.4 Å². The van der Waals surface area contributed by atoms with Crippen molar-refractivity contribution in [2.24, 2.45) is 0 Å². The van der Waals surface area contributed by atoms with Crippen LogP contribution in [0.3, 0.4) is 0 Å². The predicted octanol–water partition coefficient (Wildman–Crippen LogP) is 2.35. The molecule has 0 aliphatic rings. The molecule has 0 fully saturated rings. The Balaban J connectivity index is 1.78. The Morgan fingerprint density at radius 1 is 1.25 bits per heavy atom. The van der Waals surface area contributed by atoms with E-state index in [9.17, 15) is 13.2 Å². The second-order valence-corrected chi connectivity index (χ2v) is 7.13. The first-order valence-corrected chi connectivity index (χ1v) is 9.00. The number of nitrogens with one attached hydrogen (secondary N) is 2. The quantitative estimate of drug-likeness (QED) is 0.580. The zero-order valence-electron chi connectivity index (χ0n) is 13.0. The lowest BCUT2D eigenvalue weighted by Crippen LogP contribution is -2.34. The molecule has 2 N–H and O–H groups in total. The average molecular weight is 369 g/mol. The van der Waals surface area contributed by atoms with Crippen LogP contribution >= 0.6 is 11.6 Å². The molecule has 0 saturated carbocycles. The van der Waals surface area contributed by atoms with Crippen LogP contribution in [0.1, 0.15) is 11.5 Å². The minimum atomic E-state index is -3.65. The summed E-state index contributed by atoms with van der Waals surface area (Å²) in [6, 6.07) is 9.49. The standard InChI is InChI=1S/C16H17ClN2O4S/c1-12-5-6-14(23-12)7-8-16(20)18-9-10-19-24(21,22)15-4-2-3-13(17)11-15/h2-8,11,19H,9-10H2,1H3,(H,18,20)/b8-7+. The number of sulfonamides is 1. The predicted molar refractivity (Wildman–Crippen MR) is 92.1 cm³/mol. The molecule has 0 aliphatic heterocycles. The molecule has 0 spiro atoms. The van der Waals surface area contributed by atoms with E-state index in [0.717, 1.165) is 5.76 Å². The van der Waals surface area contributed by atoms with Crippen molar-refractivity contribution in [3.05, 3.63) is 59.0 Å². The number of carbonyl (C=O) groups is 1. The lowest BCUT2D eigenvalue weighted by molar-refractivity contribution is -0.116. The fourth-order valence-corrected chi connectivity index (χ4v) is 3.18. The molecule has 0 unspecified atom stereocenters. The Hall–Kier alpha value is -2.09. The van der Waals surface area contributed by atoms with E-state index in [-0.39, 0.29) is 23.9 Å². The third-order valence-corrected chi connectivity index (χ3v) is 4.68. The van der Waals surface area contributed by atoms with Crippen LogP contribution in [-0.2, 0) is 14.8 Å². The number of furan rings is 1. The molecule has 0 saturated heterocycles. The van der Waals surface area contributed by atoms with E-state index < -0.39 is 10.0 Å². The monoisotopic (exact) mass is 368 g/mol. The molecule has 1 aromatic carbocycles. The van der Waals surface area contributed by atoms with E-state index in [1.165, 1.54) is 18.2 Å². The molecular weight excluding hydrogens is 352 g/mol. The molecule has 0 atom stereocenters. The Labute approximate surface area is 145 Å². The largest absolute Gasteiger partial charge is 0.462 e. The second kappa shape index (κ2) is 8.14. The van der Waals surface area contributed by atoms with Crippen molar-refractivity contribution in [2.45, 2.75) is 11.8 Å².